The first-order valence-corrected chi connectivity index (χ1v) is 11.3. The second-order valence-corrected chi connectivity index (χ2v) is 10.6. The summed E-state index contributed by atoms with van der Waals surface area (Å²) < 4.78 is 0. The normalized spacial score (nSPS) is 47.4. The number of fused-ring (bicyclic) bond motifs is 5. The van der Waals surface area contributed by atoms with E-state index in [1.54, 1.807) is 0 Å². The number of aliphatic hydroxyl groups excluding tert-OH is 3. The second-order valence-electron chi connectivity index (χ2n) is 10.6. The molecule has 0 aromatic rings. The maximum atomic E-state index is 11.4. The van der Waals surface area contributed by atoms with Gasteiger partial charge in [-0.1, -0.05) is 44.1 Å². The van der Waals surface area contributed by atoms with Crippen LogP contribution < -0.4 is 0 Å². The average Bonchev–Trinajstić information content (AvgIpc) is 3.01. The van der Waals surface area contributed by atoms with E-state index in [0.717, 1.165) is 24.8 Å². The van der Waals surface area contributed by atoms with Crippen molar-refractivity contribution in [1.82, 2.24) is 0 Å². The minimum absolute atomic E-state index is 0.0393. The summed E-state index contributed by atoms with van der Waals surface area (Å²) in [5.41, 5.74) is 1.77. The lowest BCUT2D eigenvalue weighted by atomic mass is 9.49. The lowest BCUT2D eigenvalue weighted by molar-refractivity contribution is -0.137. The van der Waals surface area contributed by atoms with Gasteiger partial charge in [-0.05, 0) is 56.3 Å². The third-order valence-electron chi connectivity index (χ3n) is 9.18. The van der Waals surface area contributed by atoms with Crippen LogP contribution >= 0.6 is 0 Å². The summed E-state index contributed by atoms with van der Waals surface area (Å²) in [6.45, 7) is 6.50. The molecule has 0 unspecified atom stereocenters. The van der Waals surface area contributed by atoms with Crippen LogP contribution in [-0.2, 0) is 4.79 Å². The van der Waals surface area contributed by atoms with E-state index in [0.29, 0.717) is 19.3 Å². The van der Waals surface area contributed by atoms with Crippen molar-refractivity contribution in [3.8, 4) is 0 Å². The van der Waals surface area contributed by atoms with E-state index in [1.165, 1.54) is 5.57 Å². The molecule has 29 heavy (non-hydrogen) atoms. The molecule has 4 aliphatic rings. The molecule has 4 aliphatic carbocycles. The summed E-state index contributed by atoms with van der Waals surface area (Å²) in [4.78, 5) is 11.1. The predicted octanol–water partition coefficient (Wildman–Crippen LogP) is 3.29. The third kappa shape index (κ3) is 3.12. The second kappa shape index (κ2) is 7.21. The minimum Gasteiger partial charge on any atom is -0.481 e. The number of carboxylic acids is 1. The lowest BCUT2D eigenvalue weighted by Gasteiger charge is -2.57. The molecule has 0 amide bonds. The van der Waals surface area contributed by atoms with E-state index in [4.69, 9.17) is 5.11 Å². The van der Waals surface area contributed by atoms with Gasteiger partial charge in [-0.2, -0.15) is 0 Å². The molecule has 2 saturated carbocycles. The van der Waals surface area contributed by atoms with E-state index >= 15 is 0 Å². The molecule has 0 saturated heterocycles. The molecule has 0 heterocycles. The number of carboxylic acid groups (broad SMARTS) is 1. The summed E-state index contributed by atoms with van der Waals surface area (Å²) >= 11 is 0. The number of aliphatic hydroxyl groups is 3. The van der Waals surface area contributed by atoms with E-state index in [-0.39, 0.29) is 40.9 Å². The van der Waals surface area contributed by atoms with Crippen molar-refractivity contribution >= 4 is 5.97 Å². The fourth-order valence-electron chi connectivity index (χ4n) is 7.49. The van der Waals surface area contributed by atoms with Crippen LogP contribution in [0.5, 0.6) is 0 Å². The first kappa shape index (κ1) is 21.1. The fourth-order valence-corrected chi connectivity index (χ4v) is 7.49. The largest absolute Gasteiger partial charge is 0.481 e. The van der Waals surface area contributed by atoms with Crippen molar-refractivity contribution in [3.05, 3.63) is 23.3 Å². The number of hydrogen-bond acceptors (Lipinski definition) is 4. The van der Waals surface area contributed by atoms with Gasteiger partial charge in [0.15, 0.2) is 0 Å². The zero-order valence-electron chi connectivity index (χ0n) is 17.8. The first-order valence-electron chi connectivity index (χ1n) is 11.3. The number of carbonyl (C=O) groups is 1. The van der Waals surface area contributed by atoms with Gasteiger partial charge < -0.3 is 20.4 Å². The monoisotopic (exact) mass is 404 g/mol. The van der Waals surface area contributed by atoms with Crippen LogP contribution in [0, 0.1) is 34.5 Å². The van der Waals surface area contributed by atoms with E-state index in [2.05, 4.69) is 20.8 Å². The van der Waals surface area contributed by atoms with Crippen LogP contribution in [-0.4, -0.2) is 44.7 Å². The quantitative estimate of drug-likeness (QED) is 0.539. The topological polar surface area (TPSA) is 98.0 Å². The molecule has 2 fully saturated rings. The van der Waals surface area contributed by atoms with E-state index in [1.807, 2.05) is 12.2 Å². The number of rotatable bonds is 4. The molecule has 162 valence electrons. The highest BCUT2D eigenvalue weighted by Gasteiger charge is 2.61. The maximum absolute atomic E-state index is 11.4. The Morgan fingerprint density at radius 2 is 1.90 bits per heavy atom. The molecule has 4 N–H and O–H groups in total. The SMILES string of the molecule is C[C@H](CCC(=O)O)[C@H]1CC[C@H]2[C@H]3C(=C[C@H](O)[C@]12C)[C@@]1(C)CC[C@@H](O)C=C1C[C@H]3O. The standard InChI is InChI=1S/C24H36O5/c1-13(4-7-21(28)29)16-5-6-17-22-18(12-20(27)24(16,17)3)23(2)9-8-15(25)10-14(23)11-19(22)26/h10,12-13,15-17,19-20,22,25-27H,4-9,11H2,1-3H3,(H,28,29)/t13-,15-,16-,17+,19-,20+,22+,23+,24-/m1/s1. The Kier molecular flexibility index (Phi) is 5.24. The number of aliphatic carboxylic acids is 1. The summed E-state index contributed by atoms with van der Waals surface area (Å²) in [6.07, 6.45) is 7.32. The molecule has 0 bridgehead atoms. The van der Waals surface area contributed by atoms with Crippen LogP contribution in [0.1, 0.15) is 65.7 Å². The summed E-state index contributed by atoms with van der Waals surface area (Å²) in [6, 6.07) is 0. The van der Waals surface area contributed by atoms with Crippen molar-refractivity contribution in [2.45, 2.75) is 84.0 Å². The Bertz CT molecular complexity index is 742. The number of hydrogen-bond donors (Lipinski definition) is 4. The van der Waals surface area contributed by atoms with Crippen molar-refractivity contribution in [2.24, 2.45) is 34.5 Å². The molecular weight excluding hydrogens is 368 g/mol. The van der Waals surface area contributed by atoms with Gasteiger partial charge in [-0.3, -0.25) is 4.79 Å². The van der Waals surface area contributed by atoms with Crippen LogP contribution in [0.15, 0.2) is 23.3 Å². The van der Waals surface area contributed by atoms with Crippen molar-refractivity contribution in [2.75, 3.05) is 0 Å². The molecule has 0 aromatic heterocycles. The highest BCUT2D eigenvalue weighted by molar-refractivity contribution is 5.66. The van der Waals surface area contributed by atoms with Gasteiger partial charge in [0.25, 0.3) is 0 Å². The van der Waals surface area contributed by atoms with Gasteiger partial charge >= 0.3 is 5.97 Å². The maximum Gasteiger partial charge on any atom is 0.303 e. The molecule has 0 radical (unpaired) electrons. The van der Waals surface area contributed by atoms with Crippen molar-refractivity contribution in [1.29, 1.82) is 0 Å². The predicted molar refractivity (Wildman–Crippen MR) is 110 cm³/mol. The van der Waals surface area contributed by atoms with Crippen LogP contribution in [0.3, 0.4) is 0 Å². The van der Waals surface area contributed by atoms with Gasteiger partial charge in [-0.15, -0.1) is 0 Å². The van der Waals surface area contributed by atoms with Crippen molar-refractivity contribution < 1.29 is 25.2 Å². The highest BCUT2D eigenvalue weighted by atomic mass is 16.4. The van der Waals surface area contributed by atoms with Crippen LogP contribution in [0.2, 0.25) is 0 Å². The smallest absolute Gasteiger partial charge is 0.303 e. The zero-order chi connectivity index (χ0) is 21.1. The zero-order valence-corrected chi connectivity index (χ0v) is 17.8. The minimum atomic E-state index is -0.766. The summed E-state index contributed by atoms with van der Waals surface area (Å²) in [5.74, 6) is -0.0445. The third-order valence-corrected chi connectivity index (χ3v) is 9.18. The Balaban J connectivity index is 1.70. The Morgan fingerprint density at radius 1 is 1.17 bits per heavy atom. The molecule has 5 heteroatoms. The van der Waals surface area contributed by atoms with Gasteiger partial charge in [0.2, 0.25) is 0 Å². The van der Waals surface area contributed by atoms with Gasteiger partial charge in [0.05, 0.1) is 18.3 Å². The van der Waals surface area contributed by atoms with E-state index < -0.39 is 24.3 Å². The van der Waals surface area contributed by atoms with Gasteiger partial charge in [0.1, 0.15) is 0 Å². The Labute approximate surface area is 173 Å². The summed E-state index contributed by atoms with van der Waals surface area (Å²) in [7, 11) is 0. The molecule has 0 aromatic carbocycles. The van der Waals surface area contributed by atoms with Crippen molar-refractivity contribution in [3.63, 3.8) is 0 Å². The average molecular weight is 405 g/mol. The molecule has 0 aliphatic heterocycles. The first-order chi connectivity index (χ1) is 13.6. The van der Waals surface area contributed by atoms with Crippen LogP contribution in [0.25, 0.3) is 0 Å². The van der Waals surface area contributed by atoms with Crippen LogP contribution in [0.4, 0.5) is 0 Å². The van der Waals surface area contributed by atoms with E-state index in [9.17, 15) is 20.1 Å². The van der Waals surface area contributed by atoms with Gasteiger partial charge in [-0.25, -0.2) is 0 Å². The molecule has 4 rings (SSSR count). The molecule has 5 nitrogen and oxygen atoms in total. The van der Waals surface area contributed by atoms with Gasteiger partial charge in [0, 0.05) is 23.2 Å². The Morgan fingerprint density at radius 3 is 2.59 bits per heavy atom. The lowest BCUT2D eigenvalue weighted by Crippen LogP contribution is -2.55. The fraction of sp³-hybridized carbons (Fsp3) is 0.792. The molecule has 9 atom stereocenters. The summed E-state index contributed by atoms with van der Waals surface area (Å²) in [5, 5.41) is 41.7. The Hall–Kier alpha value is -1.17. The molecule has 0 spiro atoms. The highest BCUT2D eigenvalue weighted by Crippen LogP contribution is 2.65. The molecular formula is C24H36O5.